The lowest BCUT2D eigenvalue weighted by Gasteiger charge is -2.36. The van der Waals surface area contributed by atoms with Gasteiger partial charge in [0.05, 0.1) is 5.69 Å². The molecular formula is C34H44F3N7O4. The minimum Gasteiger partial charge on any atom is -0.344 e. The van der Waals surface area contributed by atoms with E-state index in [4.69, 9.17) is 0 Å². The van der Waals surface area contributed by atoms with E-state index in [1.165, 1.54) is 24.4 Å². The van der Waals surface area contributed by atoms with E-state index >= 15 is 4.39 Å². The molecule has 1 aliphatic heterocycles. The Balaban J connectivity index is 1.19. The van der Waals surface area contributed by atoms with Crippen LogP contribution in [0.2, 0.25) is 0 Å². The third kappa shape index (κ3) is 7.37. The van der Waals surface area contributed by atoms with Crippen molar-refractivity contribution in [2.45, 2.75) is 82.3 Å². The zero-order chi connectivity index (χ0) is 34.3. The topological polar surface area (TPSA) is 129 Å². The molecule has 1 saturated heterocycles. The van der Waals surface area contributed by atoms with E-state index in [0.717, 1.165) is 30.4 Å². The van der Waals surface area contributed by atoms with Crippen LogP contribution in [0.1, 0.15) is 80.4 Å². The van der Waals surface area contributed by atoms with Crippen molar-refractivity contribution >= 4 is 29.3 Å². The minimum absolute atomic E-state index is 0.0549. The Morgan fingerprint density at radius 1 is 0.979 bits per heavy atom. The fraction of sp³-hybridized carbons (Fsp3) is 0.618. The lowest BCUT2D eigenvalue weighted by Crippen LogP contribution is -2.55. The van der Waals surface area contributed by atoms with Crippen LogP contribution in [0.15, 0.2) is 30.5 Å². The predicted octanol–water partition coefficient (Wildman–Crippen LogP) is 3.55. The van der Waals surface area contributed by atoms with Gasteiger partial charge in [-0.3, -0.25) is 23.9 Å². The van der Waals surface area contributed by atoms with Gasteiger partial charge in [-0.25, -0.2) is 13.2 Å². The second-order valence-electron chi connectivity index (χ2n) is 13.9. The van der Waals surface area contributed by atoms with Gasteiger partial charge in [0.15, 0.2) is 0 Å². The van der Waals surface area contributed by atoms with Gasteiger partial charge in [-0.05, 0) is 74.2 Å². The highest BCUT2D eigenvalue weighted by Crippen LogP contribution is 2.53. The van der Waals surface area contributed by atoms with Gasteiger partial charge >= 0.3 is 0 Å². The van der Waals surface area contributed by atoms with Crippen molar-refractivity contribution in [2.75, 3.05) is 38.5 Å². The number of benzene rings is 1. The summed E-state index contributed by atoms with van der Waals surface area (Å²) < 4.78 is 44.4. The standard InChI is InChI=1S/C34H44F3N7O4/c1-4-27(45)40-29(33(48)43-15-13-42(3)14-16-43)19(2)22-9-10-24(23(35)17-22)39-32(47)30(28(20-5-6-20)21-7-8-21)41-31(46)25-11-12-38-44(25)26-18-34(26,36)37/h9-12,17,19-21,26,28-30H,4-8,13-16,18H2,1-3H3,(H,39,47)(H,40,45)(H,41,46)/t19-,26?,29+,30-/m0/s1. The van der Waals surface area contributed by atoms with Crippen LogP contribution in [0.5, 0.6) is 0 Å². The molecule has 1 aromatic carbocycles. The van der Waals surface area contributed by atoms with Crippen molar-refractivity contribution in [3.63, 3.8) is 0 Å². The number of likely N-dealkylation sites (N-methyl/N-ethyl adjacent to an activating group) is 1. The van der Waals surface area contributed by atoms with E-state index in [9.17, 15) is 28.0 Å². The molecule has 2 heterocycles. The SMILES string of the molecule is CCC(=O)N[C@@H](C(=O)N1CCN(C)CC1)[C@@H](C)c1ccc(NC(=O)[C@@H](NC(=O)c2ccnn2C2CC2(F)F)C(C2CC2)C2CC2)c(F)c1. The van der Waals surface area contributed by atoms with Gasteiger partial charge in [-0.2, -0.15) is 5.10 Å². The zero-order valence-electron chi connectivity index (χ0n) is 27.6. The van der Waals surface area contributed by atoms with Crippen LogP contribution in [-0.4, -0.2) is 94.4 Å². The Morgan fingerprint density at radius 2 is 1.62 bits per heavy atom. The number of nitrogens with zero attached hydrogens (tertiary/aromatic N) is 4. The zero-order valence-corrected chi connectivity index (χ0v) is 27.6. The van der Waals surface area contributed by atoms with E-state index in [-0.39, 0.29) is 47.4 Å². The number of alkyl halides is 2. The monoisotopic (exact) mass is 671 g/mol. The third-order valence-corrected chi connectivity index (χ3v) is 10.3. The summed E-state index contributed by atoms with van der Waals surface area (Å²) in [7, 11) is 1.98. The maximum absolute atomic E-state index is 15.7. The number of carbonyl (C=O) groups is 4. The molecule has 1 unspecified atom stereocenters. The number of piperazine rings is 1. The van der Waals surface area contributed by atoms with Crippen molar-refractivity contribution in [3.05, 3.63) is 47.5 Å². The number of anilines is 1. The molecule has 3 saturated carbocycles. The van der Waals surface area contributed by atoms with E-state index in [1.54, 1.807) is 24.8 Å². The molecule has 2 aromatic rings. The summed E-state index contributed by atoms with van der Waals surface area (Å²) in [5.41, 5.74) is 0.321. The van der Waals surface area contributed by atoms with Crippen molar-refractivity contribution in [1.82, 2.24) is 30.2 Å². The highest BCUT2D eigenvalue weighted by atomic mass is 19.3. The Kier molecular flexibility index (Phi) is 9.56. The van der Waals surface area contributed by atoms with Gasteiger partial charge in [0.1, 0.15) is 29.6 Å². The fourth-order valence-electron chi connectivity index (χ4n) is 6.87. The lowest BCUT2D eigenvalue weighted by molar-refractivity contribution is -0.138. The first kappa shape index (κ1) is 33.9. The second kappa shape index (κ2) is 13.5. The summed E-state index contributed by atoms with van der Waals surface area (Å²) in [6.07, 6.45) is 4.72. The van der Waals surface area contributed by atoms with Crippen molar-refractivity contribution in [2.24, 2.45) is 17.8 Å². The van der Waals surface area contributed by atoms with E-state index < -0.39 is 54.0 Å². The third-order valence-electron chi connectivity index (χ3n) is 10.3. The molecule has 48 heavy (non-hydrogen) atoms. The van der Waals surface area contributed by atoms with Crippen molar-refractivity contribution in [3.8, 4) is 0 Å². The maximum atomic E-state index is 15.7. The number of halogens is 3. The first-order chi connectivity index (χ1) is 22.9. The first-order valence-corrected chi connectivity index (χ1v) is 17.0. The molecule has 0 bridgehead atoms. The maximum Gasteiger partial charge on any atom is 0.272 e. The molecule has 3 N–H and O–H groups in total. The summed E-state index contributed by atoms with van der Waals surface area (Å²) >= 11 is 0. The highest BCUT2D eigenvalue weighted by Gasteiger charge is 2.60. The van der Waals surface area contributed by atoms with Crippen molar-refractivity contribution in [1.29, 1.82) is 0 Å². The van der Waals surface area contributed by atoms with Crippen LogP contribution in [-0.2, 0) is 14.4 Å². The number of hydrogen-bond donors (Lipinski definition) is 3. The molecule has 0 spiro atoms. The summed E-state index contributed by atoms with van der Waals surface area (Å²) in [6, 6.07) is 2.54. The van der Waals surface area contributed by atoms with E-state index in [1.807, 2.05) is 7.05 Å². The van der Waals surface area contributed by atoms with Gasteiger partial charge < -0.3 is 25.8 Å². The largest absolute Gasteiger partial charge is 0.344 e. The van der Waals surface area contributed by atoms with Crippen LogP contribution >= 0.6 is 0 Å². The van der Waals surface area contributed by atoms with Crippen LogP contribution in [0.3, 0.4) is 0 Å². The average molecular weight is 672 g/mol. The smallest absolute Gasteiger partial charge is 0.272 e. The molecule has 260 valence electrons. The van der Waals surface area contributed by atoms with E-state index in [2.05, 4.69) is 25.9 Å². The Morgan fingerprint density at radius 3 is 2.19 bits per heavy atom. The first-order valence-electron chi connectivity index (χ1n) is 17.0. The Bertz CT molecular complexity index is 1540. The molecule has 4 aliphatic rings. The van der Waals surface area contributed by atoms with Crippen LogP contribution in [0, 0.1) is 23.6 Å². The predicted molar refractivity (Wildman–Crippen MR) is 171 cm³/mol. The van der Waals surface area contributed by atoms with Gasteiger partial charge in [0.2, 0.25) is 17.7 Å². The van der Waals surface area contributed by atoms with E-state index in [0.29, 0.717) is 31.7 Å². The number of aromatic nitrogens is 2. The second-order valence-corrected chi connectivity index (χ2v) is 13.9. The Hall–Kier alpha value is -3.94. The van der Waals surface area contributed by atoms with Gasteiger partial charge in [-0.1, -0.05) is 19.9 Å². The molecule has 3 aliphatic carbocycles. The Labute approximate surface area is 278 Å². The molecule has 0 radical (unpaired) electrons. The number of carbonyl (C=O) groups excluding carboxylic acids is 4. The molecule has 1 aromatic heterocycles. The number of nitrogens with one attached hydrogen (secondary N) is 3. The molecule has 4 atom stereocenters. The summed E-state index contributed by atoms with van der Waals surface area (Å²) in [6.45, 7) is 5.92. The minimum atomic E-state index is -2.94. The number of hydrogen-bond acceptors (Lipinski definition) is 6. The molecule has 14 heteroatoms. The summed E-state index contributed by atoms with van der Waals surface area (Å²) in [4.78, 5) is 57.1. The normalized spacial score (nSPS) is 22.5. The highest BCUT2D eigenvalue weighted by molar-refractivity contribution is 6.01. The molecule has 11 nitrogen and oxygen atoms in total. The van der Waals surface area contributed by atoms with Gasteiger partial charge in [0.25, 0.3) is 11.8 Å². The quantitative estimate of drug-likeness (QED) is 0.299. The molecule has 4 amide bonds. The van der Waals surface area contributed by atoms with Crippen LogP contribution in [0.4, 0.5) is 18.9 Å². The molecular weight excluding hydrogens is 627 g/mol. The summed E-state index contributed by atoms with van der Waals surface area (Å²) in [5.74, 6) is -5.75. The van der Waals surface area contributed by atoms with Crippen molar-refractivity contribution < 1.29 is 32.3 Å². The van der Waals surface area contributed by atoms with Crippen LogP contribution < -0.4 is 16.0 Å². The average Bonchev–Trinajstić information content (AvgIpc) is 4.02. The number of amides is 4. The molecule has 6 rings (SSSR count). The molecule has 4 fully saturated rings. The number of rotatable bonds is 13. The fourth-order valence-corrected chi connectivity index (χ4v) is 6.87. The lowest BCUT2D eigenvalue weighted by atomic mass is 9.88. The summed E-state index contributed by atoms with van der Waals surface area (Å²) in [5, 5.41) is 12.2. The van der Waals surface area contributed by atoms with Crippen LogP contribution in [0.25, 0.3) is 0 Å². The van der Waals surface area contributed by atoms with Gasteiger partial charge in [-0.15, -0.1) is 0 Å². The van der Waals surface area contributed by atoms with Gasteiger partial charge in [0, 0.05) is 51.1 Å².